The molecule has 0 fully saturated rings. The van der Waals surface area contributed by atoms with Crippen LogP contribution in [0.4, 0.5) is 19.1 Å². The summed E-state index contributed by atoms with van der Waals surface area (Å²) in [7, 11) is 0. The lowest BCUT2D eigenvalue weighted by atomic mass is 10.2. The molecule has 3 rings (SSSR count). The minimum Gasteiger partial charge on any atom is -0.369 e. The number of hydrogen-bond donors (Lipinski definition) is 1. The van der Waals surface area contributed by atoms with Crippen LogP contribution >= 0.6 is 11.6 Å². The Morgan fingerprint density at radius 1 is 1.05 bits per heavy atom. The van der Waals surface area contributed by atoms with Crippen molar-refractivity contribution in [2.24, 2.45) is 0 Å². The van der Waals surface area contributed by atoms with Crippen LogP contribution in [-0.4, -0.2) is 9.55 Å². The Morgan fingerprint density at radius 2 is 1.80 bits per heavy atom. The number of fused-ring (bicyclic) bond motifs is 1. The normalized spacial score (nSPS) is 11.2. The molecule has 0 unspecified atom stereocenters. The highest BCUT2D eigenvalue weighted by Crippen LogP contribution is 2.31. The van der Waals surface area contributed by atoms with Crippen molar-refractivity contribution in [1.29, 1.82) is 0 Å². The number of rotatable bonds is 1. The SMILES string of the molecule is Nc1nc2ccc(F)cc2n1-c1c(F)cc(F)cc1Cl. The zero-order valence-corrected chi connectivity index (χ0v) is 10.6. The first-order chi connectivity index (χ1) is 9.47. The number of anilines is 1. The summed E-state index contributed by atoms with van der Waals surface area (Å²) >= 11 is 5.86. The van der Waals surface area contributed by atoms with Crippen LogP contribution in [0.15, 0.2) is 30.3 Å². The van der Waals surface area contributed by atoms with Crippen molar-refractivity contribution in [2.75, 3.05) is 5.73 Å². The highest BCUT2D eigenvalue weighted by Gasteiger charge is 2.18. The van der Waals surface area contributed by atoms with E-state index in [1.54, 1.807) is 0 Å². The van der Waals surface area contributed by atoms with Gasteiger partial charge in [-0.05, 0) is 18.2 Å². The van der Waals surface area contributed by atoms with Gasteiger partial charge in [-0.3, -0.25) is 4.57 Å². The number of aromatic nitrogens is 2. The van der Waals surface area contributed by atoms with E-state index >= 15 is 0 Å². The number of halogens is 4. The third-order valence-electron chi connectivity index (χ3n) is 2.85. The molecule has 0 atom stereocenters. The molecule has 0 aliphatic carbocycles. The quantitative estimate of drug-likeness (QED) is 0.744. The van der Waals surface area contributed by atoms with E-state index in [0.717, 1.165) is 16.7 Å². The number of benzene rings is 2. The van der Waals surface area contributed by atoms with Crippen molar-refractivity contribution < 1.29 is 13.2 Å². The van der Waals surface area contributed by atoms with Gasteiger partial charge in [0.15, 0.2) is 5.82 Å². The van der Waals surface area contributed by atoms with E-state index in [1.165, 1.54) is 12.1 Å². The number of hydrogen-bond acceptors (Lipinski definition) is 2. The number of nitrogens with two attached hydrogens (primary N) is 1. The second-order valence-electron chi connectivity index (χ2n) is 4.16. The van der Waals surface area contributed by atoms with Gasteiger partial charge in [0.25, 0.3) is 0 Å². The van der Waals surface area contributed by atoms with Gasteiger partial charge in [-0.1, -0.05) is 11.6 Å². The van der Waals surface area contributed by atoms with Crippen LogP contribution in [0.5, 0.6) is 0 Å². The Balaban J connectivity index is 2.40. The molecule has 2 N–H and O–H groups in total. The fraction of sp³-hybridized carbons (Fsp3) is 0. The molecule has 0 aliphatic heterocycles. The highest BCUT2D eigenvalue weighted by atomic mass is 35.5. The minimum absolute atomic E-state index is 0.0713. The van der Waals surface area contributed by atoms with Crippen molar-refractivity contribution in [3.63, 3.8) is 0 Å². The van der Waals surface area contributed by atoms with Gasteiger partial charge in [0, 0.05) is 12.1 Å². The predicted octanol–water partition coefficient (Wildman–Crippen LogP) is 3.68. The standard InChI is InChI=1S/C13H7ClF3N3/c14-8-3-7(16)4-9(17)12(8)20-11-5-6(15)1-2-10(11)19-13(20)18/h1-5H,(H2,18,19). The summed E-state index contributed by atoms with van der Waals surface area (Å²) in [4.78, 5) is 3.99. The fourth-order valence-electron chi connectivity index (χ4n) is 2.05. The van der Waals surface area contributed by atoms with Crippen molar-refractivity contribution in [2.45, 2.75) is 0 Å². The molecule has 0 amide bonds. The van der Waals surface area contributed by atoms with E-state index in [0.29, 0.717) is 11.6 Å². The van der Waals surface area contributed by atoms with E-state index < -0.39 is 17.5 Å². The minimum atomic E-state index is -0.912. The second kappa shape index (κ2) is 4.42. The van der Waals surface area contributed by atoms with Gasteiger partial charge in [-0.2, -0.15) is 0 Å². The molecule has 3 nitrogen and oxygen atoms in total. The molecule has 3 aromatic rings. The Labute approximate surface area is 116 Å². The maximum absolute atomic E-state index is 14.0. The first-order valence-corrected chi connectivity index (χ1v) is 5.93. The number of nitrogens with zero attached hydrogens (tertiary/aromatic N) is 2. The van der Waals surface area contributed by atoms with Crippen LogP contribution in [0.3, 0.4) is 0 Å². The molecule has 0 saturated heterocycles. The molecule has 20 heavy (non-hydrogen) atoms. The largest absolute Gasteiger partial charge is 0.369 e. The molecule has 0 spiro atoms. The first kappa shape index (κ1) is 12.8. The van der Waals surface area contributed by atoms with Crippen LogP contribution in [0, 0.1) is 17.5 Å². The van der Waals surface area contributed by atoms with Gasteiger partial charge < -0.3 is 5.73 Å². The molecule has 0 aliphatic rings. The zero-order chi connectivity index (χ0) is 14.4. The van der Waals surface area contributed by atoms with E-state index in [2.05, 4.69) is 4.98 Å². The van der Waals surface area contributed by atoms with Crippen LogP contribution in [-0.2, 0) is 0 Å². The highest BCUT2D eigenvalue weighted by molar-refractivity contribution is 6.32. The molecule has 7 heteroatoms. The average Bonchev–Trinajstić information content (AvgIpc) is 2.65. The Hall–Kier alpha value is -2.21. The molecule has 0 saturated carbocycles. The maximum Gasteiger partial charge on any atom is 0.206 e. The summed E-state index contributed by atoms with van der Waals surface area (Å²) in [5.74, 6) is -2.33. The summed E-state index contributed by atoms with van der Waals surface area (Å²) in [6, 6.07) is 5.39. The predicted molar refractivity (Wildman–Crippen MR) is 70.4 cm³/mol. The van der Waals surface area contributed by atoms with Gasteiger partial charge in [-0.25, -0.2) is 18.2 Å². The molecule has 1 heterocycles. The maximum atomic E-state index is 14.0. The summed E-state index contributed by atoms with van der Waals surface area (Å²) < 4.78 is 41.5. The Kier molecular flexibility index (Phi) is 2.83. The van der Waals surface area contributed by atoms with Gasteiger partial charge in [0.1, 0.15) is 17.3 Å². The molecule has 102 valence electrons. The Bertz CT molecular complexity index is 806. The fourth-order valence-corrected chi connectivity index (χ4v) is 2.33. The lowest BCUT2D eigenvalue weighted by Crippen LogP contribution is -2.04. The molecular weight excluding hydrogens is 291 g/mol. The van der Waals surface area contributed by atoms with Gasteiger partial charge in [0.05, 0.1) is 16.1 Å². The van der Waals surface area contributed by atoms with Crippen LogP contribution in [0.2, 0.25) is 5.02 Å². The van der Waals surface area contributed by atoms with Gasteiger partial charge >= 0.3 is 0 Å². The first-order valence-electron chi connectivity index (χ1n) is 5.56. The average molecular weight is 298 g/mol. The number of nitrogen functional groups attached to an aromatic ring is 1. The topological polar surface area (TPSA) is 43.8 Å². The van der Waals surface area contributed by atoms with Crippen LogP contribution in [0.1, 0.15) is 0 Å². The van der Waals surface area contributed by atoms with Gasteiger partial charge in [0.2, 0.25) is 5.95 Å². The van der Waals surface area contributed by atoms with E-state index in [4.69, 9.17) is 17.3 Å². The summed E-state index contributed by atoms with van der Waals surface area (Å²) in [6.07, 6.45) is 0. The van der Waals surface area contributed by atoms with E-state index in [1.807, 2.05) is 0 Å². The molecule has 2 aromatic carbocycles. The van der Waals surface area contributed by atoms with Crippen molar-refractivity contribution in [3.8, 4) is 5.69 Å². The second-order valence-corrected chi connectivity index (χ2v) is 4.56. The lowest BCUT2D eigenvalue weighted by molar-refractivity contribution is 0.579. The monoisotopic (exact) mass is 297 g/mol. The van der Waals surface area contributed by atoms with Crippen molar-refractivity contribution in [3.05, 3.63) is 52.8 Å². The summed E-state index contributed by atoms with van der Waals surface area (Å²) in [5.41, 5.74) is 6.18. The summed E-state index contributed by atoms with van der Waals surface area (Å²) in [6.45, 7) is 0. The third kappa shape index (κ3) is 1.89. The third-order valence-corrected chi connectivity index (χ3v) is 3.14. The zero-order valence-electron chi connectivity index (χ0n) is 9.87. The Morgan fingerprint density at radius 3 is 2.50 bits per heavy atom. The summed E-state index contributed by atoms with van der Waals surface area (Å²) in [5, 5.41) is -0.183. The van der Waals surface area contributed by atoms with Crippen LogP contribution in [0.25, 0.3) is 16.7 Å². The smallest absolute Gasteiger partial charge is 0.206 e. The molecule has 0 bridgehead atoms. The van der Waals surface area contributed by atoms with E-state index in [9.17, 15) is 13.2 Å². The van der Waals surface area contributed by atoms with Crippen molar-refractivity contribution >= 4 is 28.6 Å². The lowest BCUT2D eigenvalue weighted by Gasteiger charge is -2.10. The van der Waals surface area contributed by atoms with E-state index in [-0.39, 0.29) is 22.2 Å². The van der Waals surface area contributed by atoms with Crippen LogP contribution < -0.4 is 5.73 Å². The molecular formula is C13H7ClF3N3. The van der Waals surface area contributed by atoms with Crippen molar-refractivity contribution in [1.82, 2.24) is 9.55 Å². The molecule has 0 radical (unpaired) electrons. The van der Waals surface area contributed by atoms with Gasteiger partial charge in [-0.15, -0.1) is 0 Å². The molecule has 1 aromatic heterocycles. The number of imidazole rings is 1.